The molecular weight excluding hydrogens is 512 g/mol. The van der Waals surface area contributed by atoms with Crippen LogP contribution in [-0.4, -0.2) is 52.2 Å². The standard InChI is InChI=1S/C25H32N6O4S2/c1-4-6-13-36(32,33)29-19-14-18(5-2)21(15-19)24-28-27-23-16-26-25-22(31(23)24)11-12-30(25)37(34,35)20-9-7-17(3)8-10-20/h7-12,16,18-19,21,29H,4-6,13-15H2,1-3H3/t18-,19+,21+/m1/s1. The van der Waals surface area contributed by atoms with Crippen molar-refractivity contribution in [1.82, 2.24) is 28.3 Å². The molecule has 0 radical (unpaired) electrons. The highest BCUT2D eigenvalue weighted by molar-refractivity contribution is 7.90. The van der Waals surface area contributed by atoms with Crippen LogP contribution in [0.4, 0.5) is 0 Å². The predicted octanol–water partition coefficient (Wildman–Crippen LogP) is 3.62. The van der Waals surface area contributed by atoms with Crippen LogP contribution in [0.2, 0.25) is 0 Å². The molecule has 198 valence electrons. The molecule has 10 nitrogen and oxygen atoms in total. The molecule has 3 aromatic heterocycles. The summed E-state index contributed by atoms with van der Waals surface area (Å²) in [5, 5.41) is 8.80. The number of aromatic nitrogens is 5. The molecule has 0 amide bonds. The van der Waals surface area contributed by atoms with Gasteiger partial charge in [-0.2, -0.15) is 0 Å². The summed E-state index contributed by atoms with van der Waals surface area (Å²) in [5.74, 6) is 1.02. The number of hydrogen-bond acceptors (Lipinski definition) is 7. The molecule has 1 N–H and O–H groups in total. The lowest BCUT2D eigenvalue weighted by Gasteiger charge is -2.16. The van der Waals surface area contributed by atoms with Gasteiger partial charge in [-0.05, 0) is 50.3 Å². The Morgan fingerprint density at radius 3 is 2.49 bits per heavy atom. The van der Waals surface area contributed by atoms with E-state index in [1.165, 1.54) is 16.4 Å². The van der Waals surface area contributed by atoms with Crippen LogP contribution in [0.3, 0.4) is 0 Å². The van der Waals surface area contributed by atoms with Gasteiger partial charge in [-0.15, -0.1) is 10.2 Å². The maximum Gasteiger partial charge on any atom is 0.269 e. The van der Waals surface area contributed by atoms with E-state index in [1.807, 2.05) is 18.2 Å². The number of hydrogen-bond donors (Lipinski definition) is 1. The van der Waals surface area contributed by atoms with E-state index in [2.05, 4.69) is 26.8 Å². The smallest absolute Gasteiger partial charge is 0.269 e. The zero-order valence-corrected chi connectivity index (χ0v) is 22.8. The van der Waals surface area contributed by atoms with E-state index >= 15 is 0 Å². The van der Waals surface area contributed by atoms with Crippen molar-refractivity contribution in [2.45, 2.75) is 69.7 Å². The first-order valence-corrected chi connectivity index (χ1v) is 15.8. The molecule has 1 fully saturated rings. The van der Waals surface area contributed by atoms with Gasteiger partial charge in [-0.25, -0.2) is 30.5 Å². The third kappa shape index (κ3) is 4.77. The van der Waals surface area contributed by atoms with E-state index in [4.69, 9.17) is 0 Å². The summed E-state index contributed by atoms with van der Waals surface area (Å²) in [6.45, 7) is 5.97. The Morgan fingerprint density at radius 2 is 1.78 bits per heavy atom. The average Bonchev–Trinajstić information content (AvgIpc) is 3.58. The first-order valence-electron chi connectivity index (χ1n) is 12.7. The molecule has 1 aromatic carbocycles. The normalized spacial score (nSPS) is 20.8. The predicted molar refractivity (Wildman–Crippen MR) is 141 cm³/mol. The number of benzene rings is 1. The molecule has 3 heterocycles. The van der Waals surface area contributed by atoms with E-state index in [9.17, 15) is 16.8 Å². The molecule has 0 aliphatic heterocycles. The number of aryl methyl sites for hydroxylation is 1. The van der Waals surface area contributed by atoms with Crippen molar-refractivity contribution >= 4 is 36.9 Å². The lowest BCUT2D eigenvalue weighted by Crippen LogP contribution is -2.34. The minimum atomic E-state index is -3.85. The van der Waals surface area contributed by atoms with Crippen LogP contribution in [0.15, 0.2) is 47.6 Å². The van der Waals surface area contributed by atoms with E-state index in [0.29, 0.717) is 29.8 Å². The first kappa shape index (κ1) is 25.8. The number of rotatable bonds is 9. The SMILES string of the molecule is CCCCS(=O)(=O)N[C@H]1C[C@@H](CC)[C@@H](c2nnc3cnc4c(ccn4S(=O)(=O)c4ccc(C)cc4)n23)C1. The van der Waals surface area contributed by atoms with Crippen LogP contribution in [0, 0.1) is 12.8 Å². The van der Waals surface area contributed by atoms with Crippen LogP contribution in [0.1, 0.15) is 63.3 Å². The summed E-state index contributed by atoms with van der Waals surface area (Å²) in [5.41, 5.74) is 2.38. The Bertz CT molecular complexity index is 1640. The third-order valence-electron chi connectivity index (χ3n) is 7.30. The number of sulfonamides is 1. The fraction of sp³-hybridized carbons (Fsp3) is 0.480. The molecule has 0 saturated heterocycles. The minimum Gasteiger partial charge on any atom is -0.274 e. The van der Waals surface area contributed by atoms with Gasteiger partial charge < -0.3 is 0 Å². The molecule has 1 saturated carbocycles. The van der Waals surface area contributed by atoms with E-state index in [-0.39, 0.29) is 34.2 Å². The van der Waals surface area contributed by atoms with Crippen molar-refractivity contribution in [1.29, 1.82) is 0 Å². The zero-order valence-electron chi connectivity index (χ0n) is 21.2. The Morgan fingerprint density at radius 1 is 1.03 bits per heavy atom. The largest absolute Gasteiger partial charge is 0.274 e. The average molecular weight is 545 g/mol. The minimum absolute atomic E-state index is 0.0264. The summed E-state index contributed by atoms with van der Waals surface area (Å²) < 4.78 is 57.8. The Kier molecular flexibility index (Phi) is 6.84. The second-order valence-corrected chi connectivity index (χ2v) is 13.6. The summed E-state index contributed by atoms with van der Waals surface area (Å²) in [6, 6.07) is 8.25. The summed E-state index contributed by atoms with van der Waals surface area (Å²) in [6.07, 6.45) is 6.68. The first-order chi connectivity index (χ1) is 17.6. The lowest BCUT2D eigenvalue weighted by atomic mass is 9.93. The molecule has 12 heteroatoms. The number of nitrogens with zero attached hydrogens (tertiary/aromatic N) is 5. The van der Waals surface area contributed by atoms with Crippen LogP contribution in [-0.2, 0) is 20.0 Å². The molecule has 4 aromatic rings. The number of fused-ring (bicyclic) bond motifs is 3. The van der Waals surface area contributed by atoms with Crippen LogP contribution >= 0.6 is 0 Å². The quantitative estimate of drug-likeness (QED) is 0.341. The molecular formula is C25H32N6O4S2. The topological polar surface area (TPSA) is 128 Å². The molecule has 1 aliphatic rings. The summed E-state index contributed by atoms with van der Waals surface area (Å²) >= 11 is 0. The maximum atomic E-state index is 13.4. The van der Waals surface area contributed by atoms with Crippen LogP contribution in [0.5, 0.6) is 0 Å². The van der Waals surface area contributed by atoms with Gasteiger partial charge in [-0.3, -0.25) is 4.40 Å². The van der Waals surface area contributed by atoms with Gasteiger partial charge in [0.2, 0.25) is 10.0 Å². The highest BCUT2D eigenvalue weighted by Gasteiger charge is 2.39. The Balaban J connectivity index is 1.53. The number of unbranched alkanes of at least 4 members (excludes halogenated alkanes) is 1. The van der Waals surface area contributed by atoms with Gasteiger partial charge in [0.15, 0.2) is 11.3 Å². The Hall–Kier alpha value is -2.83. The summed E-state index contributed by atoms with van der Waals surface area (Å²) in [4.78, 5) is 4.60. The van der Waals surface area contributed by atoms with Crippen molar-refractivity contribution in [3.05, 3.63) is 54.1 Å². The molecule has 0 unspecified atom stereocenters. The maximum absolute atomic E-state index is 13.4. The van der Waals surface area contributed by atoms with Crippen LogP contribution < -0.4 is 4.72 Å². The van der Waals surface area contributed by atoms with Crippen molar-refractivity contribution in [3.8, 4) is 0 Å². The highest BCUT2D eigenvalue weighted by Crippen LogP contribution is 2.41. The van der Waals surface area contributed by atoms with Crippen LogP contribution in [0.25, 0.3) is 16.8 Å². The van der Waals surface area contributed by atoms with E-state index in [1.54, 1.807) is 30.3 Å². The molecule has 37 heavy (non-hydrogen) atoms. The van der Waals surface area contributed by atoms with Gasteiger partial charge in [0, 0.05) is 18.2 Å². The lowest BCUT2D eigenvalue weighted by molar-refractivity contribution is 0.449. The fourth-order valence-electron chi connectivity index (χ4n) is 5.35. The van der Waals surface area contributed by atoms with Crippen molar-refractivity contribution in [2.75, 3.05) is 5.75 Å². The molecule has 3 atom stereocenters. The fourth-order valence-corrected chi connectivity index (χ4v) is 8.13. The monoisotopic (exact) mass is 544 g/mol. The van der Waals surface area contributed by atoms with Crippen molar-refractivity contribution in [2.24, 2.45) is 5.92 Å². The van der Waals surface area contributed by atoms with Gasteiger partial charge in [-0.1, -0.05) is 44.4 Å². The van der Waals surface area contributed by atoms with Crippen molar-refractivity contribution < 1.29 is 16.8 Å². The van der Waals surface area contributed by atoms with Gasteiger partial charge in [0.25, 0.3) is 10.0 Å². The third-order valence-corrected chi connectivity index (χ3v) is 10.5. The van der Waals surface area contributed by atoms with E-state index < -0.39 is 20.0 Å². The highest BCUT2D eigenvalue weighted by atomic mass is 32.2. The van der Waals surface area contributed by atoms with Gasteiger partial charge in [0.1, 0.15) is 5.82 Å². The molecule has 0 bridgehead atoms. The molecule has 0 spiro atoms. The van der Waals surface area contributed by atoms with Crippen molar-refractivity contribution in [3.63, 3.8) is 0 Å². The van der Waals surface area contributed by atoms with Gasteiger partial charge >= 0.3 is 0 Å². The molecule has 5 rings (SSSR count). The number of nitrogens with one attached hydrogen (secondary N) is 1. The summed E-state index contributed by atoms with van der Waals surface area (Å²) in [7, 11) is -7.19. The van der Waals surface area contributed by atoms with Gasteiger partial charge in [0.05, 0.1) is 22.4 Å². The second kappa shape index (κ2) is 9.80. The Labute approximate surface area is 217 Å². The second-order valence-electron chi connectivity index (χ2n) is 9.88. The molecule has 1 aliphatic carbocycles. The van der Waals surface area contributed by atoms with E-state index in [0.717, 1.165) is 24.8 Å². The zero-order chi connectivity index (χ0) is 26.4.